The van der Waals surface area contributed by atoms with E-state index in [2.05, 4.69) is 71.4 Å². The number of hydrogen-bond acceptors (Lipinski definition) is 3. The van der Waals surface area contributed by atoms with E-state index in [1.54, 1.807) is 0 Å². The molecule has 1 saturated carbocycles. The van der Waals surface area contributed by atoms with E-state index in [0.717, 1.165) is 28.5 Å². The van der Waals surface area contributed by atoms with Gasteiger partial charge in [0.1, 0.15) is 5.82 Å². The highest BCUT2D eigenvalue weighted by atomic mass is 79.9. The zero-order chi connectivity index (χ0) is 22.3. The second-order valence-electron chi connectivity index (χ2n) is 8.34. The summed E-state index contributed by atoms with van der Waals surface area (Å²) in [5.41, 5.74) is 4.88. The lowest BCUT2D eigenvalue weighted by Gasteiger charge is -2.44. The van der Waals surface area contributed by atoms with Gasteiger partial charge in [0.05, 0.1) is 22.0 Å². The van der Waals surface area contributed by atoms with E-state index in [1.165, 1.54) is 21.4 Å². The predicted octanol–water partition coefficient (Wildman–Crippen LogP) is 6.01. The zero-order valence-electron chi connectivity index (χ0n) is 18.2. The van der Waals surface area contributed by atoms with Crippen LogP contribution in [0.3, 0.4) is 0 Å². The monoisotopic (exact) mass is 485 g/mol. The van der Waals surface area contributed by atoms with Crippen LogP contribution in [-0.2, 0) is 11.8 Å². The number of para-hydroxylation sites is 1. The van der Waals surface area contributed by atoms with Crippen LogP contribution in [0.25, 0.3) is 10.9 Å². The molecule has 32 heavy (non-hydrogen) atoms. The largest absolute Gasteiger partial charge is 0.282 e. The Labute approximate surface area is 195 Å². The summed E-state index contributed by atoms with van der Waals surface area (Å²) < 4.78 is 2.57. The van der Waals surface area contributed by atoms with Crippen LogP contribution < -0.4 is 5.56 Å². The Morgan fingerprint density at radius 3 is 2.28 bits per heavy atom. The van der Waals surface area contributed by atoms with E-state index in [0.29, 0.717) is 17.6 Å². The molecule has 0 N–H and O–H groups in total. The number of hydrogen-bond donors (Lipinski definition) is 0. The summed E-state index contributed by atoms with van der Waals surface area (Å²) in [6, 6.07) is 24.6. The molecule has 1 aromatic heterocycles. The standard InChI is InChI=1S/C27H24BrN3O/c1-3-25-29-23-7-5-4-6-22(23)26(32)31(25)30-24-16-17-27(24,19-10-8-18(2)9-11-19)20-12-14-21(28)15-13-20/h4-15H,3,16-17H2,1-2H3/b30-24-. The van der Waals surface area contributed by atoms with E-state index in [1.807, 2.05) is 31.2 Å². The number of benzene rings is 3. The van der Waals surface area contributed by atoms with Crippen LogP contribution in [0.5, 0.6) is 0 Å². The molecule has 1 aliphatic carbocycles. The van der Waals surface area contributed by atoms with Crippen LogP contribution in [0.4, 0.5) is 0 Å². The van der Waals surface area contributed by atoms with Crippen LogP contribution in [0.15, 0.2) is 87.2 Å². The molecule has 5 heteroatoms. The van der Waals surface area contributed by atoms with E-state index < -0.39 is 0 Å². The third-order valence-corrected chi connectivity index (χ3v) is 7.00. The van der Waals surface area contributed by atoms with E-state index in [9.17, 15) is 4.79 Å². The topological polar surface area (TPSA) is 47.2 Å². The molecule has 0 amide bonds. The lowest BCUT2D eigenvalue weighted by Crippen LogP contribution is -2.47. The van der Waals surface area contributed by atoms with Gasteiger partial charge in [0, 0.05) is 10.9 Å². The first-order valence-corrected chi connectivity index (χ1v) is 11.7. The van der Waals surface area contributed by atoms with Crippen LogP contribution in [-0.4, -0.2) is 15.4 Å². The Bertz CT molecular complexity index is 1340. The molecule has 5 rings (SSSR count). The number of rotatable bonds is 4. The van der Waals surface area contributed by atoms with Gasteiger partial charge in [-0.15, -0.1) is 0 Å². The Kier molecular flexibility index (Phi) is 5.30. The summed E-state index contributed by atoms with van der Waals surface area (Å²) in [6.45, 7) is 4.11. The number of fused-ring (bicyclic) bond motifs is 1. The molecule has 0 bridgehead atoms. The second-order valence-corrected chi connectivity index (χ2v) is 9.26. The fraction of sp³-hybridized carbons (Fsp3) is 0.222. The minimum Gasteiger partial charge on any atom is -0.267 e. The maximum Gasteiger partial charge on any atom is 0.282 e. The predicted molar refractivity (Wildman–Crippen MR) is 134 cm³/mol. The molecule has 4 aromatic rings. The molecule has 160 valence electrons. The zero-order valence-corrected chi connectivity index (χ0v) is 19.8. The molecule has 3 aromatic carbocycles. The van der Waals surface area contributed by atoms with Gasteiger partial charge < -0.3 is 0 Å². The lowest BCUT2D eigenvalue weighted by atomic mass is 9.59. The van der Waals surface area contributed by atoms with Gasteiger partial charge in [-0.25, -0.2) is 4.98 Å². The normalized spacial score (nSPS) is 19.3. The molecule has 4 nitrogen and oxygen atoms in total. The summed E-state index contributed by atoms with van der Waals surface area (Å²) >= 11 is 3.55. The highest BCUT2D eigenvalue weighted by Gasteiger charge is 2.47. The van der Waals surface area contributed by atoms with E-state index >= 15 is 0 Å². The maximum atomic E-state index is 13.4. The van der Waals surface area contributed by atoms with Gasteiger partial charge in [-0.2, -0.15) is 9.78 Å². The quantitative estimate of drug-likeness (QED) is 0.355. The van der Waals surface area contributed by atoms with Crippen LogP contribution in [0.1, 0.15) is 42.3 Å². The van der Waals surface area contributed by atoms with E-state index in [-0.39, 0.29) is 11.0 Å². The van der Waals surface area contributed by atoms with Crippen molar-refractivity contribution in [1.82, 2.24) is 9.66 Å². The number of halogens is 1. The minimum atomic E-state index is -0.343. The van der Waals surface area contributed by atoms with E-state index in [4.69, 9.17) is 10.1 Å². The fourth-order valence-electron chi connectivity index (χ4n) is 4.61. The first-order valence-electron chi connectivity index (χ1n) is 10.9. The van der Waals surface area contributed by atoms with Crippen molar-refractivity contribution >= 4 is 32.5 Å². The molecule has 0 radical (unpaired) electrons. The Morgan fingerprint density at radius 2 is 1.66 bits per heavy atom. The molecule has 1 aliphatic rings. The summed E-state index contributed by atoms with van der Waals surface area (Å²) in [6.07, 6.45) is 2.42. The molecular weight excluding hydrogens is 462 g/mol. The van der Waals surface area contributed by atoms with Crippen LogP contribution in [0.2, 0.25) is 0 Å². The summed E-state index contributed by atoms with van der Waals surface area (Å²) in [7, 11) is 0. The highest BCUT2D eigenvalue weighted by molar-refractivity contribution is 9.10. The Hall–Kier alpha value is -3.05. The van der Waals surface area contributed by atoms with Gasteiger partial charge in [0.15, 0.2) is 0 Å². The van der Waals surface area contributed by atoms with Crippen molar-refractivity contribution in [2.75, 3.05) is 0 Å². The van der Waals surface area contributed by atoms with Gasteiger partial charge in [0.25, 0.3) is 5.56 Å². The average Bonchev–Trinajstić information content (AvgIpc) is 2.80. The molecule has 1 atom stereocenters. The maximum absolute atomic E-state index is 13.4. The first kappa shape index (κ1) is 20.8. The second kappa shape index (κ2) is 8.14. The van der Waals surface area contributed by atoms with Gasteiger partial charge in [-0.05, 0) is 55.2 Å². The number of nitrogens with zero attached hydrogens (tertiary/aromatic N) is 3. The van der Waals surface area contributed by atoms with Crippen LogP contribution >= 0.6 is 15.9 Å². The number of aryl methyl sites for hydroxylation is 2. The summed E-state index contributed by atoms with van der Waals surface area (Å²) in [5, 5.41) is 5.58. The van der Waals surface area contributed by atoms with Crippen molar-refractivity contribution < 1.29 is 0 Å². The molecule has 0 spiro atoms. The molecule has 1 fully saturated rings. The highest BCUT2D eigenvalue weighted by Crippen LogP contribution is 2.47. The molecule has 1 unspecified atom stereocenters. The van der Waals surface area contributed by atoms with Crippen molar-refractivity contribution in [1.29, 1.82) is 0 Å². The molecular formula is C27H24BrN3O. The van der Waals surface area contributed by atoms with Gasteiger partial charge in [0.2, 0.25) is 0 Å². The SMILES string of the molecule is CCc1nc2ccccc2c(=O)n1/N=C1/CCC1(c1ccc(C)cc1)c1ccc(Br)cc1. The third kappa shape index (κ3) is 3.32. The molecule has 0 aliphatic heterocycles. The summed E-state index contributed by atoms with van der Waals surface area (Å²) in [5.74, 6) is 0.682. The van der Waals surface area contributed by atoms with Gasteiger partial charge in [-0.1, -0.05) is 76.9 Å². The van der Waals surface area contributed by atoms with Crippen LogP contribution in [0, 0.1) is 6.92 Å². The Balaban J connectivity index is 1.74. The van der Waals surface area contributed by atoms with Crippen molar-refractivity contribution in [3.63, 3.8) is 0 Å². The average molecular weight is 486 g/mol. The van der Waals surface area contributed by atoms with Crippen molar-refractivity contribution in [3.8, 4) is 0 Å². The minimum absolute atomic E-state index is 0.111. The fourth-order valence-corrected chi connectivity index (χ4v) is 4.87. The lowest BCUT2D eigenvalue weighted by molar-refractivity contribution is 0.528. The van der Waals surface area contributed by atoms with Crippen molar-refractivity contribution in [2.45, 2.75) is 38.5 Å². The van der Waals surface area contributed by atoms with Crippen molar-refractivity contribution in [2.24, 2.45) is 5.10 Å². The summed E-state index contributed by atoms with van der Waals surface area (Å²) in [4.78, 5) is 18.1. The third-order valence-electron chi connectivity index (χ3n) is 6.47. The first-order chi connectivity index (χ1) is 15.5. The molecule has 1 heterocycles. The molecule has 0 saturated heterocycles. The van der Waals surface area contributed by atoms with Gasteiger partial charge >= 0.3 is 0 Å². The van der Waals surface area contributed by atoms with Gasteiger partial charge in [-0.3, -0.25) is 4.79 Å². The Morgan fingerprint density at radius 1 is 1.00 bits per heavy atom. The smallest absolute Gasteiger partial charge is 0.267 e. The number of aromatic nitrogens is 2. The van der Waals surface area contributed by atoms with Crippen molar-refractivity contribution in [3.05, 3.63) is 110 Å².